The minimum absolute atomic E-state index is 0.0628. The Labute approximate surface area is 387 Å². The maximum atomic E-state index is 12.8. The molecule has 0 rings (SSSR count). The van der Waals surface area contributed by atoms with Gasteiger partial charge in [-0.1, -0.05) is 278 Å². The van der Waals surface area contributed by atoms with E-state index in [1.165, 1.54) is 212 Å². The second-order valence-corrected chi connectivity index (χ2v) is 19.7. The smallest absolute Gasteiger partial charge is 0.306 e. The van der Waals surface area contributed by atoms with Gasteiger partial charge in [0.15, 0.2) is 6.10 Å². The summed E-state index contributed by atoms with van der Waals surface area (Å²) in [4.78, 5) is 38.0. The number of carbonyl (C=O) groups is 3. The molecule has 0 N–H and O–H groups in total. The molecule has 0 spiro atoms. The zero-order valence-corrected chi connectivity index (χ0v) is 42.3. The van der Waals surface area contributed by atoms with E-state index in [1.807, 2.05) is 0 Å². The molecule has 6 nitrogen and oxygen atoms in total. The fraction of sp³-hybridized carbons (Fsp3) is 0.946. The second kappa shape index (κ2) is 50.4. The zero-order chi connectivity index (χ0) is 45.2. The van der Waals surface area contributed by atoms with E-state index in [-0.39, 0.29) is 31.1 Å². The molecule has 0 heterocycles. The number of hydrogen-bond acceptors (Lipinski definition) is 6. The molecule has 0 saturated carbocycles. The van der Waals surface area contributed by atoms with Crippen molar-refractivity contribution < 1.29 is 28.6 Å². The first kappa shape index (κ1) is 60.4. The van der Waals surface area contributed by atoms with Gasteiger partial charge in [-0.2, -0.15) is 0 Å². The van der Waals surface area contributed by atoms with Crippen LogP contribution in [0.5, 0.6) is 0 Å². The number of carbonyl (C=O) groups excluding carboxylic acids is 3. The highest BCUT2D eigenvalue weighted by Gasteiger charge is 2.19. The first-order chi connectivity index (χ1) is 30.4. The van der Waals surface area contributed by atoms with Gasteiger partial charge in [-0.15, -0.1) is 0 Å². The maximum absolute atomic E-state index is 12.8. The largest absolute Gasteiger partial charge is 0.462 e. The lowest BCUT2D eigenvalue weighted by Crippen LogP contribution is -2.30. The Kier molecular flexibility index (Phi) is 49.1. The molecule has 0 aliphatic rings. The molecule has 6 heteroatoms. The fourth-order valence-electron chi connectivity index (χ4n) is 8.57. The molecule has 0 aliphatic heterocycles. The summed E-state index contributed by atoms with van der Waals surface area (Å²) < 4.78 is 16.8. The van der Waals surface area contributed by atoms with E-state index in [9.17, 15) is 14.4 Å². The molecule has 368 valence electrons. The number of hydrogen-bond donors (Lipinski definition) is 0. The lowest BCUT2D eigenvalue weighted by atomic mass is 10.0. The van der Waals surface area contributed by atoms with Crippen LogP contribution in [0.1, 0.15) is 317 Å². The summed E-state index contributed by atoms with van der Waals surface area (Å²) in [5, 5.41) is 0. The Hall–Kier alpha value is -1.59. The van der Waals surface area contributed by atoms with Crippen LogP contribution in [-0.4, -0.2) is 37.2 Å². The van der Waals surface area contributed by atoms with E-state index >= 15 is 0 Å². The average Bonchev–Trinajstić information content (AvgIpc) is 3.26. The Morgan fingerprint density at radius 2 is 0.532 bits per heavy atom. The molecule has 0 unspecified atom stereocenters. The molecular formula is C56H108O6. The molecule has 0 aliphatic carbocycles. The number of ether oxygens (including phenoxy) is 3. The molecule has 0 bridgehead atoms. The molecule has 0 aromatic carbocycles. The van der Waals surface area contributed by atoms with Crippen molar-refractivity contribution in [3.8, 4) is 0 Å². The van der Waals surface area contributed by atoms with E-state index in [4.69, 9.17) is 14.2 Å². The Balaban J connectivity index is 4.25. The molecule has 1 atom stereocenters. The van der Waals surface area contributed by atoms with Gasteiger partial charge in [0.2, 0.25) is 0 Å². The monoisotopic (exact) mass is 877 g/mol. The predicted molar refractivity (Wildman–Crippen MR) is 266 cm³/mol. The third-order valence-electron chi connectivity index (χ3n) is 12.8. The highest BCUT2D eigenvalue weighted by atomic mass is 16.6. The van der Waals surface area contributed by atoms with Crippen molar-refractivity contribution in [3.63, 3.8) is 0 Å². The van der Waals surface area contributed by atoms with Crippen molar-refractivity contribution in [2.75, 3.05) is 13.2 Å². The van der Waals surface area contributed by atoms with E-state index in [2.05, 4.69) is 27.7 Å². The van der Waals surface area contributed by atoms with Crippen molar-refractivity contribution in [2.24, 2.45) is 5.92 Å². The van der Waals surface area contributed by atoms with Crippen molar-refractivity contribution in [1.82, 2.24) is 0 Å². The van der Waals surface area contributed by atoms with Crippen molar-refractivity contribution >= 4 is 17.9 Å². The molecule has 0 saturated heterocycles. The average molecular weight is 877 g/mol. The fourth-order valence-corrected chi connectivity index (χ4v) is 8.57. The van der Waals surface area contributed by atoms with E-state index in [1.54, 1.807) is 0 Å². The van der Waals surface area contributed by atoms with Crippen molar-refractivity contribution in [2.45, 2.75) is 323 Å². The molecule has 0 aromatic heterocycles. The zero-order valence-electron chi connectivity index (χ0n) is 42.3. The van der Waals surface area contributed by atoms with Gasteiger partial charge < -0.3 is 14.2 Å². The third kappa shape index (κ3) is 49.4. The number of rotatable bonds is 51. The molecule has 0 aromatic rings. The minimum atomic E-state index is -0.761. The van der Waals surface area contributed by atoms with E-state index in [0.717, 1.165) is 63.7 Å². The van der Waals surface area contributed by atoms with Crippen LogP contribution in [0.25, 0.3) is 0 Å². The molecular weight excluding hydrogens is 769 g/mol. The quantitative estimate of drug-likeness (QED) is 0.0344. The van der Waals surface area contributed by atoms with Gasteiger partial charge in [0.05, 0.1) is 0 Å². The number of unbranched alkanes of at least 4 members (excludes halogenated alkanes) is 38. The standard InChI is InChI=1S/C56H108O6/c1-5-7-9-11-13-15-17-19-21-22-23-25-27-29-31-36-40-44-48-55(58)61-51-53(62-56(59)49-45-41-37-33-32-34-38-42-46-52(3)4)50-60-54(57)47-43-39-35-30-28-26-24-20-18-16-14-12-10-8-6-2/h52-53H,5-51H2,1-4H3/t53-/m1/s1. The molecule has 0 fully saturated rings. The third-order valence-corrected chi connectivity index (χ3v) is 12.8. The molecule has 0 radical (unpaired) electrons. The highest BCUT2D eigenvalue weighted by Crippen LogP contribution is 2.18. The van der Waals surface area contributed by atoms with Crippen LogP contribution in [-0.2, 0) is 28.6 Å². The van der Waals surface area contributed by atoms with Gasteiger partial charge in [0, 0.05) is 19.3 Å². The Morgan fingerprint density at radius 3 is 0.790 bits per heavy atom. The van der Waals surface area contributed by atoms with Gasteiger partial charge in [0.1, 0.15) is 13.2 Å². The Morgan fingerprint density at radius 1 is 0.306 bits per heavy atom. The molecule has 0 amide bonds. The lowest BCUT2D eigenvalue weighted by molar-refractivity contribution is -0.167. The first-order valence-corrected chi connectivity index (χ1v) is 27.9. The predicted octanol–water partition coefficient (Wildman–Crippen LogP) is 18.2. The normalized spacial score (nSPS) is 12.0. The summed E-state index contributed by atoms with van der Waals surface area (Å²) in [7, 11) is 0. The van der Waals surface area contributed by atoms with Crippen LogP contribution >= 0.6 is 0 Å². The van der Waals surface area contributed by atoms with Crippen LogP contribution in [0.4, 0.5) is 0 Å². The summed E-state index contributed by atoms with van der Waals surface area (Å²) >= 11 is 0. The van der Waals surface area contributed by atoms with Crippen LogP contribution in [0.2, 0.25) is 0 Å². The van der Waals surface area contributed by atoms with Gasteiger partial charge >= 0.3 is 17.9 Å². The van der Waals surface area contributed by atoms with E-state index in [0.29, 0.717) is 19.3 Å². The summed E-state index contributed by atoms with van der Waals surface area (Å²) in [5.74, 6) is -0.0481. The van der Waals surface area contributed by atoms with Crippen LogP contribution in [0.3, 0.4) is 0 Å². The van der Waals surface area contributed by atoms with Crippen LogP contribution < -0.4 is 0 Å². The van der Waals surface area contributed by atoms with Gasteiger partial charge in [-0.25, -0.2) is 0 Å². The number of esters is 3. The van der Waals surface area contributed by atoms with Crippen LogP contribution in [0.15, 0.2) is 0 Å². The van der Waals surface area contributed by atoms with Gasteiger partial charge in [-0.05, 0) is 25.2 Å². The summed E-state index contributed by atoms with van der Waals surface area (Å²) in [5.41, 5.74) is 0. The highest BCUT2D eigenvalue weighted by molar-refractivity contribution is 5.71. The van der Waals surface area contributed by atoms with Gasteiger partial charge in [-0.3, -0.25) is 14.4 Å². The summed E-state index contributed by atoms with van der Waals surface area (Å²) in [6.07, 6.45) is 53.8. The molecule has 62 heavy (non-hydrogen) atoms. The first-order valence-electron chi connectivity index (χ1n) is 27.9. The Bertz CT molecular complexity index is 933. The van der Waals surface area contributed by atoms with E-state index < -0.39 is 6.10 Å². The van der Waals surface area contributed by atoms with Crippen molar-refractivity contribution in [1.29, 1.82) is 0 Å². The summed E-state index contributed by atoms with van der Waals surface area (Å²) in [6, 6.07) is 0. The second-order valence-electron chi connectivity index (χ2n) is 19.7. The van der Waals surface area contributed by atoms with Gasteiger partial charge in [0.25, 0.3) is 0 Å². The summed E-state index contributed by atoms with van der Waals surface area (Å²) in [6.45, 7) is 9.01. The van der Waals surface area contributed by atoms with Crippen molar-refractivity contribution in [3.05, 3.63) is 0 Å². The lowest BCUT2D eigenvalue weighted by Gasteiger charge is -2.18. The SMILES string of the molecule is CCCCCCCCCCCCCCCCCCCCC(=O)OC[C@@H](COC(=O)CCCCCCCCCCCCCCCCC)OC(=O)CCCCCCCCCCC(C)C. The maximum Gasteiger partial charge on any atom is 0.306 e. The van der Waals surface area contributed by atoms with Crippen LogP contribution in [0, 0.1) is 5.92 Å². The topological polar surface area (TPSA) is 78.9 Å². The minimum Gasteiger partial charge on any atom is -0.462 e.